The molecule has 4 rings (SSSR count). The first-order valence-electron chi connectivity index (χ1n) is 8.58. The molecule has 0 saturated heterocycles. The van der Waals surface area contributed by atoms with Crippen LogP contribution >= 0.6 is 0 Å². The van der Waals surface area contributed by atoms with Crippen LogP contribution in [0.2, 0.25) is 0 Å². The number of benzene rings is 1. The van der Waals surface area contributed by atoms with Crippen LogP contribution in [0.15, 0.2) is 36.4 Å². The standard InChI is InChI=1S/C19H19N7/c1-12-22-17(21-11-13-3-7-15(20-2)8-4-13)10-18(23-12)24-19-9-16(25-26-19)14-5-6-14/h3-4,7-10,14H,5-6,11H2,1H3,(H3,21,22,23,24,25,26). The number of nitrogens with one attached hydrogen (secondary N) is 3. The molecule has 0 bridgehead atoms. The summed E-state index contributed by atoms with van der Waals surface area (Å²) < 4.78 is 0. The topological polar surface area (TPSA) is 82.9 Å². The lowest BCUT2D eigenvalue weighted by atomic mass is 10.2. The Kier molecular flexibility index (Phi) is 4.23. The smallest absolute Gasteiger partial charge is 0.187 e. The number of aryl methyl sites for hydroxylation is 1. The van der Waals surface area contributed by atoms with Gasteiger partial charge in [0, 0.05) is 30.3 Å². The molecule has 0 atom stereocenters. The molecule has 26 heavy (non-hydrogen) atoms. The predicted molar refractivity (Wildman–Crippen MR) is 101 cm³/mol. The minimum atomic E-state index is 0.627. The van der Waals surface area contributed by atoms with Crippen molar-refractivity contribution < 1.29 is 0 Å². The van der Waals surface area contributed by atoms with Gasteiger partial charge < -0.3 is 10.6 Å². The van der Waals surface area contributed by atoms with E-state index in [9.17, 15) is 0 Å². The zero-order valence-electron chi connectivity index (χ0n) is 14.5. The second-order valence-corrected chi connectivity index (χ2v) is 6.43. The molecule has 7 nitrogen and oxygen atoms in total. The number of aromatic nitrogens is 4. The quantitative estimate of drug-likeness (QED) is 0.581. The first kappa shape index (κ1) is 16.1. The first-order chi connectivity index (χ1) is 12.7. The summed E-state index contributed by atoms with van der Waals surface area (Å²) in [4.78, 5) is 12.3. The van der Waals surface area contributed by atoms with Crippen molar-refractivity contribution in [2.45, 2.75) is 32.2 Å². The zero-order chi connectivity index (χ0) is 17.9. The van der Waals surface area contributed by atoms with E-state index in [0.717, 1.165) is 17.2 Å². The van der Waals surface area contributed by atoms with Gasteiger partial charge in [-0.1, -0.05) is 24.3 Å². The third kappa shape index (κ3) is 3.81. The molecule has 1 aromatic carbocycles. The van der Waals surface area contributed by atoms with Gasteiger partial charge in [-0.15, -0.1) is 0 Å². The van der Waals surface area contributed by atoms with Crippen molar-refractivity contribution in [3.05, 3.63) is 64.9 Å². The number of H-pyrrole nitrogens is 1. The Hall–Kier alpha value is -3.40. The van der Waals surface area contributed by atoms with Crippen LogP contribution in [-0.4, -0.2) is 20.2 Å². The van der Waals surface area contributed by atoms with E-state index in [2.05, 4.69) is 35.6 Å². The second kappa shape index (κ2) is 6.84. The van der Waals surface area contributed by atoms with E-state index >= 15 is 0 Å². The fraction of sp³-hybridized carbons (Fsp3) is 0.263. The number of hydrogen-bond donors (Lipinski definition) is 3. The molecule has 1 aliphatic rings. The first-order valence-corrected chi connectivity index (χ1v) is 8.58. The lowest BCUT2D eigenvalue weighted by Gasteiger charge is -2.09. The highest BCUT2D eigenvalue weighted by molar-refractivity contribution is 5.57. The van der Waals surface area contributed by atoms with Crippen LogP contribution in [0.25, 0.3) is 4.85 Å². The summed E-state index contributed by atoms with van der Waals surface area (Å²) in [5.74, 6) is 3.53. The average Bonchev–Trinajstić information content (AvgIpc) is 3.40. The molecule has 0 unspecified atom stereocenters. The molecule has 3 aromatic rings. The Morgan fingerprint density at radius 2 is 1.88 bits per heavy atom. The van der Waals surface area contributed by atoms with E-state index in [-0.39, 0.29) is 0 Å². The molecular weight excluding hydrogens is 326 g/mol. The molecule has 2 aromatic heterocycles. The Labute approximate surface area is 151 Å². The van der Waals surface area contributed by atoms with Crippen LogP contribution in [0.5, 0.6) is 0 Å². The van der Waals surface area contributed by atoms with Crippen LogP contribution in [0.3, 0.4) is 0 Å². The van der Waals surface area contributed by atoms with Gasteiger partial charge in [0.1, 0.15) is 17.5 Å². The fourth-order valence-corrected chi connectivity index (χ4v) is 2.74. The fourth-order valence-electron chi connectivity index (χ4n) is 2.74. The van der Waals surface area contributed by atoms with Gasteiger partial charge in [-0.3, -0.25) is 5.10 Å². The molecule has 1 saturated carbocycles. The number of hydrogen-bond acceptors (Lipinski definition) is 5. The van der Waals surface area contributed by atoms with Crippen LogP contribution < -0.4 is 10.6 Å². The van der Waals surface area contributed by atoms with E-state index < -0.39 is 0 Å². The third-order valence-electron chi connectivity index (χ3n) is 4.25. The molecule has 7 heteroatoms. The van der Waals surface area contributed by atoms with E-state index in [1.165, 1.54) is 18.5 Å². The van der Waals surface area contributed by atoms with Crippen LogP contribution in [0.4, 0.5) is 23.1 Å². The van der Waals surface area contributed by atoms with Crippen LogP contribution in [0, 0.1) is 13.5 Å². The Morgan fingerprint density at radius 1 is 1.12 bits per heavy atom. The van der Waals surface area contributed by atoms with E-state index in [0.29, 0.717) is 29.8 Å². The molecule has 0 radical (unpaired) electrons. The maximum atomic E-state index is 7.00. The maximum Gasteiger partial charge on any atom is 0.187 e. The van der Waals surface area contributed by atoms with Crippen molar-refractivity contribution in [1.82, 2.24) is 20.2 Å². The highest BCUT2D eigenvalue weighted by atomic mass is 15.2. The Bertz CT molecular complexity index is 949. The molecule has 130 valence electrons. The number of aromatic amines is 1. The van der Waals surface area contributed by atoms with E-state index in [4.69, 9.17) is 6.57 Å². The van der Waals surface area contributed by atoms with Gasteiger partial charge in [-0.05, 0) is 25.3 Å². The van der Waals surface area contributed by atoms with Crippen LogP contribution in [-0.2, 0) is 6.54 Å². The summed E-state index contributed by atoms with van der Waals surface area (Å²) in [6, 6.07) is 11.4. The van der Waals surface area contributed by atoms with Gasteiger partial charge in [-0.2, -0.15) is 5.10 Å². The third-order valence-corrected chi connectivity index (χ3v) is 4.25. The van der Waals surface area contributed by atoms with Gasteiger partial charge in [0.25, 0.3) is 0 Å². The summed E-state index contributed by atoms with van der Waals surface area (Å²) in [6.07, 6.45) is 2.47. The second-order valence-electron chi connectivity index (χ2n) is 6.43. The minimum Gasteiger partial charge on any atom is -0.366 e. The molecule has 1 fully saturated rings. The van der Waals surface area contributed by atoms with Gasteiger partial charge >= 0.3 is 0 Å². The monoisotopic (exact) mass is 345 g/mol. The van der Waals surface area contributed by atoms with Crippen molar-refractivity contribution in [2.24, 2.45) is 0 Å². The normalized spacial score (nSPS) is 13.2. The summed E-state index contributed by atoms with van der Waals surface area (Å²) in [7, 11) is 0. The number of nitrogens with zero attached hydrogens (tertiary/aromatic N) is 4. The summed E-state index contributed by atoms with van der Waals surface area (Å²) >= 11 is 0. The number of rotatable bonds is 6. The van der Waals surface area contributed by atoms with Gasteiger partial charge in [0.15, 0.2) is 11.5 Å². The van der Waals surface area contributed by atoms with Crippen molar-refractivity contribution >= 4 is 23.1 Å². The SMILES string of the molecule is [C-]#[N+]c1ccc(CNc2cc(Nc3cc(C4CC4)[nH]n3)nc(C)n2)cc1. The van der Waals surface area contributed by atoms with Crippen molar-refractivity contribution in [3.8, 4) is 0 Å². The van der Waals surface area contributed by atoms with Crippen molar-refractivity contribution in [1.29, 1.82) is 0 Å². The minimum absolute atomic E-state index is 0.627. The molecule has 0 aliphatic heterocycles. The maximum absolute atomic E-state index is 7.00. The summed E-state index contributed by atoms with van der Waals surface area (Å²) in [5.41, 5.74) is 2.91. The average molecular weight is 345 g/mol. The number of anilines is 3. The van der Waals surface area contributed by atoms with Crippen LogP contribution in [0.1, 0.15) is 35.8 Å². The zero-order valence-corrected chi connectivity index (χ0v) is 14.5. The molecular formula is C19H19N7. The molecule has 1 aliphatic carbocycles. The van der Waals surface area contributed by atoms with Gasteiger partial charge in [0.2, 0.25) is 0 Å². The predicted octanol–water partition coefficient (Wildman–Crippen LogP) is 4.29. The molecule has 0 amide bonds. The van der Waals surface area contributed by atoms with Gasteiger partial charge in [-0.25, -0.2) is 14.8 Å². The molecule has 0 spiro atoms. The van der Waals surface area contributed by atoms with E-state index in [1.807, 2.05) is 43.3 Å². The van der Waals surface area contributed by atoms with Crippen molar-refractivity contribution in [3.63, 3.8) is 0 Å². The molecule has 3 N–H and O–H groups in total. The highest BCUT2D eigenvalue weighted by Crippen LogP contribution is 2.39. The lowest BCUT2D eigenvalue weighted by molar-refractivity contribution is 0.965. The van der Waals surface area contributed by atoms with E-state index in [1.54, 1.807) is 0 Å². The lowest BCUT2D eigenvalue weighted by Crippen LogP contribution is -2.05. The Morgan fingerprint density at radius 3 is 2.62 bits per heavy atom. The highest BCUT2D eigenvalue weighted by Gasteiger charge is 2.25. The van der Waals surface area contributed by atoms with Gasteiger partial charge in [0.05, 0.1) is 6.57 Å². The Balaban J connectivity index is 1.43. The summed E-state index contributed by atoms with van der Waals surface area (Å²) in [6.45, 7) is 9.49. The summed E-state index contributed by atoms with van der Waals surface area (Å²) in [5, 5.41) is 13.9. The molecule has 2 heterocycles. The largest absolute Gasteiger partial charge is 0.366 e. The van der Waals surface area contributed by atoms with Crippen molar-refractivity contribution in [2.75, 3.05) is 10.6 Å².